The molecule has 6 nitrogen and oxygen atoms in total. The normalized spacial score (nSPS) is 12.1. The van der Waals surface area contributed by atoms with E-state index in [1.165, 1.54) is 18.2 Å². The van der Waals surface area contributed by atoms with E-state index in [2.05, 4.69) is 4.72 Å². The summed E-state index contributed by atoms with van der Waals surface area (Å²) >= 11 is 0. The van der Waals surface area contributed by atoms with E-state index in [0.717, 1.165) is 17.2 Å². The second kappa shape index (κ2) is 5.71. The van der Waals surface area contributed by atoms with Crippen molar-refractivity contribution in [2.75, 3.05) is 4.72 Å². The Kier molecular flexibility index (Phi) is 4.28. The number of hydrogen-bond acceptors (Lipinski definition) is 4. The van der Waals surface area contributed by atoms with Gasteiger partial charge in [-0.2, -0.15) is 0 Å². The smallest absolute Gasteiger partial charge is 0.261 e. The monoisotopic (exact) mass is 340 g/mol. The second-order valence-corrected chi connectivity index (χ2v) is 8.17. The zero-order valence-corrected chi connectivity index (χ0v) is 13.7. The average molecular weight is 340 g/mol. The Bertz CT molecular complexity index is 920. The quantitative estimate of drug-likeness (QED) is 0.884. The summed E-state index contributed by atoms with van der Waals surface area (Å²) in [5.41, 5.74) is 2.39. The summed E-state index contributed by atoms with van der Waals surface area (Å²) in [6, 6.07) is 10.0. The summed E-state index contributed by atoms with van der Waals surface area (Å²) in [6.07, 6.45) is 0. The van der Waals surface area contributed by atoms with Crippen molar-refractivity contribution < 1.29 is 16.8 Å². The molecule has 118 valence electrons. The van der Waals surface area contributed by atoms with Crippen LogP contribution in [0.25, 0.3) is 0 Å². The van der Waals surface area contributed by atoms with Gasteiger partial charge < -0.3 is 0 Å². The van der Waals surface area contributed by atoms with Gasteiger partial charge in [0.15, 0.2) is 0 Å². The lowest BCUT2D eigenvalue weighted by Gasteiger charge is -2.10. The molecule has 2 aromatic rings. The molecule has 0 saturated carbocycles. The van der Waals surface area contributed by atoms with E-state index >= 15 is 0 Å². The predicted octanol–water partition coefficient (Wildman–Crippen LogP) is 1.75. The van der Waals surface area contributed by atoms with Crippen LogP contribution in [-0.2, 0) is 20.0 Å². The van der Waals surface area contributed by atoms with Gasteiger partial charge in [-0.1, -0.05) is 12.1 Å². The van der Waals surface area contributed by atoms with Gasteiger partial charge in [0.1, 0.15) is 0 Å². The van der Waals surface area contributed by atoms with E-state index in [1.807, 2.05) is 13.8 Å². The van der Waals surface area contributed by atoms with Crippen LogP contribution in [0, 0.1) is 13.8 Å². The maximum Gasteiger partial charge on any atom is 0.261 e. The number of nitrogens with two attached hydrogens (primary N) is 1. The van der Waals surface area contributed by atoms with Gasteiger partial charge in [0.05, 0.1) is 9.79 Å². The first-order valence-electron chi connectivity index (χ1n) is 6.32. The molecule has 0 spiro atoms. The number of benzene rings is 2. The average Bonchev–Trinajstić information content (AvgIpc) is 2.42. The molecule has 0 bridgehead atoms. The Morgan fingerprint density at radius 1 is 0.864 bits per heavy atom. The van der Waals surface area contributed by atoms with Crippen LogP contribution in [0.15, 0.2) is 52.3 Å². The third kappa shape index (κ3) is 3.65. The highest BCUT2D eigenvalue weighted by Gasteiger charge is 2.17. The van der Waals surface area contributed by atoms with Crippen LogP contribution < -0.4 is 9.86 Å². The summed E-state index contributed by atoms with van der Waals surface area (Å²) < 4.78 is 49.7. The van der Waals surface area contributed by atoms with Crippen LogP contribution >= 0.6 is 0 Å². The Labute approximate surface area is 130 Å². The van der Waals surface area contributed by atoms with Gasteiger partial charge in [0.25, 0.3) is 10.0 Å². The van der Waals surface area contributed by atoms with Gasteiger partial charge in [0.2, 0.25) is 10.0 Å². The van der Waals surface area contributed by atoms with Crippen molar-refractivity contribution in [1.29, 1.82) is 0 Å². The highest BCUT2D eigenvalue weighted by atomic mass is 32.2. The molecule has 2 aromatic carbocycles. The van der Waals surface area contributed by atoms with Crippen molar-refractivity contribution in [3.05, 3.63) is 53.6 Å². The predicted molar refractivity (Wildman–Crippen MR) is 84.5 cm³/mol. The van der Waals surface area contributed by atoms with E-state index in [4.69, 9.17) is 5.14 Å². The van der Waals surface area contributed by atoms with Gasteiger partial charge in [0, 0.05) is 5.69 Å². The highest BCUT2D eigenvalue weighted by Crippen LogP contribution is 2.20. The maximum absolute atomic E-state index is 12.3. The second-order valence-electron chi connectivity index (χ2n) is 4.92. The SMILES string of the molecule is Cc1ccc(NS(=O)(=O)c2cccc(S(N)(=O)=O)c2)cc1C. The molecule has 2 rings (SSSR count). The van der Waals surface area contributed by atoms with E-state index in [1.54, 1.807) is 18.2 Å². The molecule has 8 heteroatoms. The highest BCUT2D eigenvalue weighted by molar-refractivity contribution is 7.93. The van der Waals surface area contributed by atoms with Crippen molar-refractivity contribution >= 4 is 25.7 Å². The van der Waals surface area contributed by atoms with E-state index in [-0.39, 0.29) is 9.79 Å². The minimum absolute atomic E-state index is 0.169. The number of hydrogen-bond donors (Lipinski definition) is 2. The van der Waals surface area contributed by atoms with Crippen LogP contribution in [0.4, 0.5) is 5.69 Å². The zero-order valence-electron chi connectivity index (χ0n) is 12.1. The molecule has 0 aromatic heterocycles. The molecule has 0 aliphatic rings. The molecule has 0 unspecified atom stereocenters. The molecule has 0 saturated heterocycles. The minimum atomic E-state index is -3.96. The number of aryl methyl sites for hydroxylation is 2. The van der Waals surface area contributed by atoms with Crippen molar-refractivity contribution in [1.82, 2.24) is 0 Å². The number of nitrogens with one attached hydrogen (secondary N) is 1. The van der Waals surface area contributed by atoms with Gasteiger partial charge >= 0.3 is 0 Å². The third-order valence-corrected chi connectivity index (χ3v) is 5.49. The summed E-state index contributed by atoms with van der Waals surface area (Å²) in [5, 5.41) is 5.02. The molecule has 0 fully saturated rings. The first-order valence-corrected chi connectivity index (χ1v) is 9.35. The maximum atomic E-state index is 12.3. The standard InChI is InChI=1S/C14H16N2O4S2/c1-10-6-7-12(8-11(10)2)16-22(19,20)14-5-3-4-13(9-14)21(15,17)18/h3-9,16H,1-2H3,(H2,15,17,18). The Morgan fingerprint density at radius 2 is 1.50 bits per heavy atom. The Balaban J connectivity index is 2.40. The largest absolute Gasteiger partial charge is 0.280 e. The molecule has 0 aliphatic heterocycles. The van der Waals surface area contributed by atoms with E-state index in [9.17, 15) is 16.8 Å². The summed E-state index contributed by atoms with van der Waals surface area (Å²) in [5.74, 6) is 0. The van der Waals surface area contributed by atoms with Crippen LogP contribution in [0.5, 0.6) is 0 Å². The fourth-order valence-electron chi connectivity index (χ4n) is 1.84. The van der Waals surface area contributed by atoms with Gasteiger partial charge in [-0.05, 0) is 55.3 Å². The van der Waals surface area contributed by atoms with Crippen molar-refractivity contribution in [2.45, 2.75) is 23.6 Å². The van der Waals surface area contributed by atoms with Crippen LogP contribution in [0.2, 0.25) is 0 Å². The molecule has 0 heterocycles. The minimum Gasteiger partial charge on any atom is -0.280 e. The van der Waals surface area contributed by atoms with Crippen molar-refractivity contribution in [3.63, 3.8) is 0 Å². The first-order chi connectivity index (χ1) is 10.1. The first kappa shape index (κ1) is 16.5. The molecular weight excluding hydrogens is 324 g/mol. The molecule has 3 N–H and O–H groups in total. The fraction of sp³-hybridized carbons (Fsp3) is 0.143. The molecular formula is C14H16N2O4S2. The Hall–Kier alpha value is -1.90. The number of anilines is 1. The topological polar surface area (TPSA) is 106 Å². The zero-order chi connectivity index (χ0) is 16.5. The molecule has 0 radical (unpaired) electrons. The van der Waals surface area contributed by atoms with Crippen LogP contribution in [-0.4, -0.2) is 16.8 Å². The molecule has 22 heavy (non-hydrogen) atoms. The third-order valence-electron chi connectivity index (χ3n) is 3.20. The van der Waals surface area contributed by atoms with Crippen LogP contribution in [0.3, 0.4) is 0 Å². The van der Waals surface area contributed by atoms with Gasteiger partial charge in [-0.15, -0.1) is 0 Å². The Morgan fingerprint density at radius 3 is 2.09 bits per heavy atom. The van der Waals surface area contributed by atoms with E-state index < -0.39 is 20.0 Å². The van der Waals surface area contributed by atoms with E-state index in [0.29, 0.717) is 5.69 Å². The van der Waals surface area contributed by atoms with Crippen molar-refractivity contribution in [2.24, 2.45) is 5.14 Å². The fourth-order valence-corrected chi connectivity index (χ4v) is 3.57. The summed E-state index contributed by atoms with van der Waals surface area (Å²) in [6.45, 7) is 3.79. The molecule has 0 amide bonds. The number of sulfonamides is 2. The van der Waals surface area contributed by atoms with Gasteiger partial charge in [-0.25, -0.2) is 22.0 Å². The molecule has 0 aliphatic carbocycles. The van der Waals surface area contributed by atoms with Gasteiger partial charge in [-0.3, -0.25) is 4.72 Å². The number of rotatable bonds is 4. The summed E-state index contributed by atoms with van der Waals surface area (Å²) in [7, 11) is -7.86. The van der Waals surface area contributed by atoms with Crippen molar-refractivity contribution in [3.8, 4) is 0 Å². The van der Waals surface area contributed by atoms with Crippen LogP contribution in [0.1, 0.15) is 11.1 Å². The summed E-state index contributed by atoms with van der Waals surface area (Å²) in [4.78, 5) is -0.423. The lowest BCUT2D eigenvalue weighted by molar-refractivity contribution is 0.597. The lowest BCUT2D eigenvalue weighted by Crippen LogP contribution is -2.16. The molecule has 0 atom stereocenters. The lowest BCUT2D eigenvalue weighted by atomic mass is 10.1. The number of primary sulfonamides is 1.